The fourth-order valence-electron chi connectivity index (χ4n) is 4.37. The van der Waals surface area contributed by atoms with Crippen LogP contribution in [0.15, 0.2) is 48.6 Å². The maximum atomic E-state index is 11.0. The molecule has 0 saturated carbocycles. The van der Waals surface area contributed by atoms with Crippen LogP contribution in [0.25, 0.3) is 21.3 Å². The van der Waals surface area contributed by atoms with Crippen LogP contribution < -0.4 is 0 Å². The van der Waals surface area contributed by atoms with Crippen molar-refractivity contribution in [2.24, 2.45) is 0 Å². The van der Waals surface area contributed by atoms with Gasteiger partial charge < -0.3 is 14.9 Å². The number of fused-ring (bicyclic) bond motifs is 6. The summed E-state index contributed by atoms with van der Waals surface area (Å²) in [6.45, 7) is 11.1. The van der Waals surface area contributed by atoms with Gasteiger partial charge in [0.15, 0.2) is 5.69 Å². The number of ether oxygens (including phenoxy) is 1. The summed E-state index contributed by atoms with van der Waals surface area (Å²) >= 11 is 0. The van der Waals surface area contributed by atoms with Gasteiger partial charge in [-0.15, -0.1) is 0 Å². The van der Waals surface area contributed by atoms with Crippen LogP contribution in [0.2, 0.25) is 0 Å². The van der Waals surface area contributed by atoms with Crippen LogP contribution in [-0.2, 0) is 15.9 Å². The van der Waals surface area contributed by atoms with Crippen molar-refractivity contribution in [3.05, 3.63) is 71.1 Å². The van der Waals surface area contributed by atoms with Crippen LogP contribution in [0.4, 0.5) is 5.69 Å². The predicted molar refractivity (Wildman–Crippen MR) is 97.8 cm³/mol. The van der Waals surface area contributed by atoms with Gasteiger partial charge in [0.1, 0.15) is 11.2 Å². The van der Waals surface area contributed by atoms with E-state index in [0.29, 0.717) is 22.5 Å². The second-order valence-electron chi connectivity index (χ2n) is 7.14. The molecule has 5 heteroatoms. The lowest BCUT2D eigenvalue weighted by molar-refractivity contribution is -0.0517. The van der Waals surface area contributed by atoms with Crippen LogP contribution in [-0.4, -0.2) is 14.8 Å². The zero-order chi connectivity index (χ0) is 18.3. The summed E-state index contributed by atoms with van der Waals surface area (Å²) in [4.78, 5) is 3.57. The lowest BCUT2D eigenvalue weighted by Gasteiger charge is -2.21. The van der Waals surface area contributed by atoms with Crippen LogP contribution in [0.5, 0.6) is 11.8 Å². The first kappa shape index (κ1) is 15.1. The van der Waals surface area contributed by atoms with Gasteiger partial charge in [-0.1, -0.05) is 30.3 Å². The Bertz CT molecular complexity index is 1140. The smallest absolute Gasteiger partial charge is 0.205 e. The van der Waals surface area contributed by atoms with Gasteiger partial charge in [0, 0.05) is 0 Å². The van der Waals surface area contributed by atoms with Gasteiger partial charge in [-0.2, -0.15) is 0 Å². The molecule has 26 heavy (non-hydrogen) atoms. The summed E-state index contributed by atoms with van der Waals surface area (Å²) in [6.07, 6.45) is 3.83. The maximum Gasteiger partial charge on any atom is 0.205 e. The molecule has 2 atom stereocenters. The largest absolute Gasteiger partial charge is 0.494 e. The predicted octanol–water partition coefficient (Wildman–Crippen LogP) is 4.62. The highest BCUT2D eigenvalue weighted by atomic mass is 16.5. The molecule has 128 valence electrons. The number of aromatic hydroxyl groups is 2. The van der Waals surface area contributed by atoms with Crippen molar-refractivity contribution in [2.75, 3.05) is 0 Å². The highest BCUT2D eigenvalue weighted by Gasteiger charge is 2.56. The van der Waals surface area contributed by atoms with E-state index in [1.54, 1.807) is 12.1 Å². The monoisotopic (exact) mass is 344 g/mol. The van der Waals surface area contributed by atoms with E-state index in [4.69, 9.17) is 11.3 Å². The van der Waals surface area contributed by atoms with Crippen molar-refractivity contribution >= 4 is 16.5 Å². The van der Waals surface area contributed by atoms with Crippen molar-refractivity contribution in [1.29, 1.82) is 0 Å². The van der Waals surface area contributed by atoms with Crippen molar-refractivity contribution in [1.82, 2.24) is 4.57 Å². The highest BCUT2D eigenvalue weighted by molar-refractivity contribution is 6.00. The number of nitrogens with zero attached hydrogens (tertiary/aromatic N) is 2. The van der Waals surface area contributed by atoms with Crippen molar-refractivity contribution in [3.8, 4) is 17.4 Å². The second kappa shape index (κ2) is 4.48. The maximum absolute atomic E-state index is 11.0. The first-order valence-electron chi connectivity index (χ1n) is 8.37. The van der Waals surface area contributed by atoms with Crippen LogP contribution >= 0.6 is 0 Å². The summed E-state index contributed by atoms with van der Waals surface area (Å²) in [6, 6.07) is 11.0. The number of rotatable bonds is 1. The Labute approximate surface area is 150 Å². The summed E-state index contributed by atoms with van der Waals surface area (Å²) in [7, 11) is 0. The van der Waals surface area contributed by atoms with Crippen molar-refractivity contribution < 1.29 is 14.9 Å². The third kappa shape index (κ3) is 1.58. The molecule has 1 aromatic heterocycles. The van der Waals surface area contributed by atoms with E-state index < -0.39 is 11.2 Å². The summed E-state index contributed by atoms with van der Waals surface area (Å²) in [5.41, 5.74) is 0.833. The van der Waals surface area contributed by atoms with Crippen LogP contribution in [0.1, 0.15) is 25.0 Å². The van der Waals surface area contributed by atoms with E-state index in [1.807, 2.05) is 50.3 Å². The third-order valence-electron chi connectivity index (χ3n) is 5.50. The molecule has 2 aromatic carbocycles. The van der Waals surface area contributed by atoms with E-state index in [9.17, 15) is 10.2 Å². The van der Waals surface area contributed by atoms with Gasteiger partial charge in [0.25, 0.3) is 0 Å². The molecule has 0 amide bonds. The number of hydrogen-bond donors (Lipinski definition) is 2. The fourth-order valence-corrected chi connectivity index (χ4v) is 4.37. The topological polar surface area (TPSA) is 59.0 Å². The quantitative estimate of drug-likeness (QED) is 0.500. The lowest BCUT2D eigenvalue weighted by atomic mass is 9.86. The van der Waals surface area contributed by atoms with E-state index >= 15 is 0 Å². The Morgan fingerprint density at radius 3 is 2.08 bits per heavy atom. The Kier molecular flexibility index (Phi) is 2.60. The molecular weight excluding hydrogens is 328 g/mol. The molecule has 2 N–H and O–H groups in total. The average molecular weight is 344 g/mol. The number of hydrogen-bond acceptors (Lipinski definition) is 3. The van der Waals surface area contributed by atoms with Crippen LogP contribution in [0, 0.1) is 6.57 Å². The minimum absolute atomic E-state index is 0.0335. The molecule has 0 fully saturated rings. The minimum atomic E-state index is -0.761. The standard InChI is InChI=1S/C21H16N2O3/c1-20-10-11-21(2,26-20)17-16(20)18(24)23(19(17)25)15-9-8-14(22-3)12-6-4-5-7-13(12)15/h4-11,24-25H,1-2H3. The Hall–Kier alpha value is -3.23. The Morgan fingerprint density at radius 2 is 1.50 bits per heavy atom. The first-order valence-corrected chi connectivity index (χ1v) is 8.37. The minimum Gasteiger partial charge on any atom is -0.494 e. The molecule has 2 aliphatic heterocycles. The number of aromatic nitrogens is 1. The van der Waals surface area contributed by atoms with Crippen molar-refractivity contribution in [2.45, 2.75) is 25.0 Å². The number of benzene rings is 2. The Morgan fingerprint density at radius 1 is 0.923 bits per heavy atom. The van der Waals surface area contributed by atoms with E-state index in [2.05, 4.69) is 4.85 Å². The van der Waals surface area contributed by atoms with E-state index in [0.717, 1.165) is 10.8 Å². The molecule has 2 aliphatic rings. The molecular formula is C21H16N2O3. The van der Waals surface area contributed by atoms with Gasteiger partial charge >= 0.3 is 0 Å². The van der Waals surface area contributed by atoms with Crippen molar-refractivity contribution in [3.63, 3.8) is 0 Å². The molecule has 5 rings (SSSR count). The average Bonchev–Trinajstić information content (AvgIpc) is 3.18. The van der Waals surface area contributed by atoms with Gasteiger partial charge in [-0.25, -0.2) is 4.85 Å². The SMILES string of the molecule is [C-]#[N+]c1ccc(-n2c(O)c3c(c2O)C2(C)C=CC3(C)O2)c2ccccc12. The molecule has 0 saturated heterocycles. The molecule has 0 spiro atoms. The molecule has 5 nitrogen and oxygen atoms in total. The first-order chi connectivity index (χ1) is 12.4. The molecule has 2 unspecified atom stereocenters. The van der Waals surface area contributed by atoms with E-state index in [1.165, 1.54) is 4.57 Å². The zero-order valence-electron chi connectivity index (χ0n) is 14.3. The molecule has 0 aliphatic carbocycles. The lowest BCUT2D eigenvalue weighted by Crippen LogP contribution is -2.19. The Balaban J connectivity index is 1.87. The summed E-state index contributed by atoms with van der Waals surface area (Å²) in [5.74, 6) is -0.0671. The molecule has 3 aromatic rings. The van der Waals surface area contributed by atoms with Crippen LogP contribution in [0.3, 0.4) is 0 Å². The normalized spacial score (nSPS) is 25.6. The molecule has 0 radical (unpaired) electrons. The van der Waals surface area contributed by atoms with Gasteiger partial charge in [-0.05, 0) is 42.8 Å². The summed E-state index contributed by atoms with van der Waals surface area (Å²) < 4.78 is 7.50. The summed E-state index contributed by atoms with van der Waals surface area (Å²) in [5, 5.41) is 23.6. The van der Waals surface area contributed by atoms with E-state index in [-0.39, 0.29) is 11.8 Å². The third-order valence-corrected chi connectivity index (χ3v) is 5.50. The fraction of sp³-hybridized carbons (Fsp3) is 0.190. The molecule has 2 bridgehead atoms. The van der Waals surface area contributed by atoms with Gasteiger partial charge in [0.2, 0.25) is 11.8 Å². The highest BCUT2D eigenvalue weighted by Crippen LogP contribution is 2.61. The second-order valence-corrected chi connectivity index (χ2v) is 7.14. The van der Waals surface area contributed by atoms with Gasteiger partial charge in [0.05, 0.1) is 23.4 Å². The molecule has 3 heterocycles. The van der Waals surface area contributed by atoms with Gasteiger partial charge in [-0.3, -0.25) is 4.57 Å². The zero-order valence-corrected chi connectivity index (χ0v) is 14.3.